The summed E-state index contributed by atoms with van der Waals surface area (Å²) in [7, 11) is -10.0. The van der Waals surface area contributed by atoms with Gasteiger partial charge >= 0.3 is 39.5 Å². The molecule has 0 aliphatic rings. The summed E-state index contributed by atoms with van der Waals surface area (Å²) in [6, 6.07) is 0. The molecule has 0 radical (unpaired) electrons. The molecule has 0 heterocycles. The lowest BCUT2D eigenvalue weighted by Crippen LogP contribution is -2.30. The van der Waals surface area contributed by atoms with E-state index in [1.165, 1.54) is 57.8 Å². The van der Waals surface area contributed by atoms with Gasteiger partial charge in [-0.25, -0.2) is 9.13 Å². The van der Waals surface area contributed by atoms with Gasteiger partial charge in [-0.15, -0.1) is 0 Å². The number of hydrogen-bond donors (Lipinski definition) is 3. The molecule has 0 bridgehead atoms. The Kier molecular flexibility index (Phi) is 72.0. The Morgan fingerprint density at radius 1 is 0.288 bits per heavy atom. The maximum absolute atomic E-state index is 13.1. The maximum atomic E-state index is 13.1. The lowest BCUT2D eigenvalue weighted by Gasteiger charge is -2.21. The summed E-state index contributed by atoms with van der Waals surface area (Å²) in [6.07, 6.45) is 88.3. The Bertz CT molecular complexity index is 2590. The number of allylic oxidation sites excluding steroid dienone is 25. The third kappa shape index (κ3) is 74.9. The van der Waals surface area contributed by atoms with Crippen molar-refractivity contribution in [3.05, 3.63) is 158 Å². The topological polar surface area (TPSA) is 237 Å². The smallest absolute Gasteiger partial charge is 0.462 e. The average molecular weight is 1500 g/mol. The van der Waals surface area contributed by atoms with Gasteiger partial charge in [0, 0.05) is 19.3 Å². The quantitative estimate of drug-likeness (QED) is 0.0169. The Morgan fingerprint density at radius 3 is 0.885 bits per heavy atom. The summed E-state index contributed by atoms with van der Waals surface area (Å²) in [4.78, 5) is 72.9. The molecule has 5 unspecified atom stereocenters. The normalized spacial score (nSPS) is 14.7. The first-order chi connectivity index (χ1) is 50.7. The van der Waals surface area contributed by atoms with Gasteiger partial charge in [-0.1, -0.05) is 295 Å². The van der Waals surface area contributed by atoms with Crippen LogP contribution in [0.1, 0.15) is 297 Å². The fourth-order valence-corrected chi connectivity index (χ4v) is 11.6. The van der Waals surface area contributed by atoms with Crippen LogP contribution in [-0.4, -0.2) is 96.7 Å². The minimum absolute atomic E-state index is 0.0870. The van der Waals surface area contributed by atoms with Gasteiger partial charge in [-0.3, -0.25) is 37.3 Å². The molecule has 17 nitrogen and oxygen atoms in total. The molecule has 0 spiro atoms. The predicted molar refractivity (Wildman–Crippen MR) is 427 cm³/mol. The summed E-state index contributed by atoms with van der Waals surface area (Å²) >= 11 is 0. The molecule has 0 saturated heterocycles. The van der Waals surface area contributed by atoms with Crippen molar-refractivity contribution in [2.24, 2.45) is 0 Å². The van der Waals surface area contributed by atoms with E-state index in [0.29, 0.717) is 25.7 Å². The van der Waals surface area contributed by atoms with Gasteiger partial charge in [-0.2, -0.15) is 0 Å². The Morgan fingerprint density at radius 2 is 0.538 bits per heavy atom. The second kappa shape index (κ2) is 75.9. The first-order valence-corrected chi connectivity index (χ1v) is 42.7. The van der Waals surface area contributed by atoms with Gasteiger partial charge in [0.25, 0.3) is 0 Å². The van der Waals surface area contributed by atoms with E-state index in [9.17, 15) is 43.2 Å². The van der Waals surface area contributed by atoms with Crippen molar-refractivity contribution in [2.45, 2.75) is 316 Å². The van der Waals surface area contributed by atoms with Gasteiger partial charge in [0.05, 0.1) is 32.8 Å². The first-order valence-electron chi connectivity index (χ1n) is 39.7. The van der Waals surface area contributed by atoms with Crippen molar-refractivity contribution in [3.8, 4) is 0 Å². The Labute approximate surface area is 629 Å². The number of unbranched alkanes of at least 4 members (excludes halogenated alkanes) is 22. The standard InChI is InChI=1S/C85H140O17P2/c1-5-9-13-17-21-25-29-32-35-37-39-41-44-46-50-53-57-61-65-69-82(87)95-75-80(101-84(89)71-67-63-59-55-49-28-24-20-16-12-8-4)77-99-103(91,92)97-73-79(86)74-98-104(93,94)100-78-81(102-85(90)72-68-64-60-56-52-48-43-34-31-27-23-19-15-11-7-3)76-96-83(88)70-66-62-58-54-51-47-45-42-40-38-36-33-30-26-22-18-14-10-6-2/h10-11,14-15,21-23,25-27,32-36,39-43,47,51-52,56,64,68,79-81,86H,5-9,12-13,16-20,24,28-31,37-38,44-46,48-50,53-55,57-63,65-67,69-78H2,1-4H3,(H,91,92)(H,93,94)/b14-10-,15-11-,25-21-,26-22-,27-23-,35-32-,36-33-,41-39-,42-40-,43-34-,51-47-,56-52-,68-64-. The molecule has 5 atom stereocenters. The van der Waals surface area contributed by atoms with Crippen LogP contribution in [0.25, 0.3) is 0 Å². The zero-order chi connectivity index (χ0) is 76.0. The van der Waals surface area contributed by atoms with Crippen LogP contribution in [0.5, 0.6) is 0 Å². The number of aliphatic hydroxyl groups is 1. The average Bonchev–Trinajstić information content (AvgIpc) is 0.929. The van der Waals surface area contributed by atoms with Gasteiger partial charge in [0.1, 0.15) is 19.3 Å². The van der Waals surface area contributed by atoms with Crippen LogP contribution in [0, 0.1) is 0 Å². The molecule has 0 aliphatic carbocycles. The van der Waals surface area contributed by atoms with Crippen LogP contribution in [0.15, 0.2) is 158 Å². The highest BCUT2D eigenvalue weighted by molar-refractivity contribution is 7.47. The van der Waals surface area contributed by atoms with Crippen molar-refractivity contribution < 1.29 is 80.2 Å². The van der Waals surface area contributed by atoms with Crippen LogP contribution >= 0.6 is 15.6 Å². The van der Waals surface area contributed by atoms with E-state index in [1.807, 2.05) is 12.2 Å². The van der Waals surface area contributed by atoms with E-state index in [1.54, 1.807) is 12.2 Å². The molecule has 0 aliphatic heterocycles. The van der Waals surface area contributed by atoms with Crippen LogP contribution < -0.4 is 0 Å². The lowest BCUT2D eigenvalue weighted by molar-refractivity contribution is -0.161. The summed E-state index contributed by atoms with van der Waals surface area (Å²) in [5, 5.41) is 10.6. The maximum Gasteiger partial charge on any atom is 0.472 e. The van der Waals surface area contributed by atoms with E-state index in [2.05, 4.69) is 161 Å². The molecular weight excluding hydrogens is 1350 g/mol. The first kappa shape index (κ1) is 98.7. The van der Waals surface area contributed by atoms with Crippen LogP contribution in [0.2, 0.25) is 0 Å². The number of esters is 4. The Hall–Kier alpha value is -5.32. The lowest BCUT2D eigenvalue weighted by atomic mass is 10.1. The van der Waals surface area contributed by atoms with Crippen molar-refractivity contribution in [1.82, 2.24) is 0 Å². The minimum Gasteiger partial charge on any atom is -0.462 e. The molecule has 592 valence electrons. The van der Waals surface area contributed by atoms with Crippen molar-refractivity contribution in [3.63, 3.8) is 0 Å². The number of hydrogen-bond acceptors (Lipinski definition) is 15. The number of aliphatic hydroxyl groups excluding tert-OH is 1. The number of ether oxygens (including phenoxy) is 4. The number of carbonyl (C=O) groups is 4. The van der Waals surface area contributed by atoms with Gasteiger partial charge < -0.3 is 33.8 Å². The van der Waals surface area contributed by atoms with Crippen molar-refractivity contribution in [2.75, 3.05) is 39.6 Å². The number of phosphoric ester groups is 2. The summed E-state index contributed by atoms with van der Waals surface area (Å²) in [5.74, 6) is -2.38. The number of rotatable bonds is 73. The highest BCUT2D eigenvalue weighted by Crippen LogP contribution is 2.45. The van der Waals surface area contributed by atoms with Crippen LogP contribution in [0.4, 0.5) is 0 Å². The SMILES string of the molecule is CC/C=C\C/C=C\C/C=C\C/C=C\C/C=C\CCCCCC(=O)OCC(COP(=O)(O)OCC(O)COP(=O)(O)OCC(COC(=O)CCCCCCCC/C=C\C/C=C\C/C=C\CCCCC)OC(=O)CCCCCCCCCCCCC)OC(=O)C/C=C\C/C=C\C/C=C\C/C=C\C/C=C\CC. The summed E-state index contributed by atoms with van der Waals surface area (Å²) < 4.78 is 68.4. The van der Waals surface area contributed by atoms with Crippen molar-refractivity contribution >= 4 is 39.5 Å². The summed E-state index contributed by atoms with van der Waals surface area (Å²) in [5.41, 5.74) is 0. The highest BCUT2D eigenvalue weighted by atomic mass is 31.2. The van der Waals surface area contributed by atoms with Crippen LogP contribution in [-0.2, 0) is 65.4 Å². The largest absolute Gasteiger partial charge is 0.472 e. The van der Waals surface area contributed by atoms with Gasteiger partial charge in [0.2, 0.25) is 0 Å². The molecule has 0 amide bonds. The third-order valence-corrected chi connectivity index (χ3v) is 17.9. The fourth-order valence-electron chi connectivity index (χ4n) is 10.0. The Balaban J connectivity index is 5.42. The molecule has 3 N–H and O–H groups in total. The predicted octanol–water partition coefficient (Wildman–Crippen LogP) is 23.2. The molecule has 104 heavy (non-hydrogen) atoms. The number of phosphoric acid groups is 2. The molecule has 19 heteroatoms. The number of carbonyl (C=O) groups excluding carboxylic acids is 4. The summed E-state index contributed by atoms with van der Waals surface area (Å²) in [6.45, 7) is 4.44. The molecule has 0 saturated carbocycles. The van der Waals surface area contributed by atoms with E-state index in [4.69, 9.17) is 37.0 Å². The molecule has 0 aromatic rings. The monoisotopic (exact) mass is 1490 g/mol. The molecular formula is C85H140O17P2. The third-order valence-electron chi connectivity index (χ3n) is 16.0. The van der Waals surface area contributed by atoms with E-state index >= 15 is 0 Å². The van der Waals surface area contributed by atoms with E-state index < -0.39 is 97.5 Å². The molecule has 0 rings (SSSR count). The van der Waals surface area contributed by atoms with E-state index in [-0.39, 0.29) is 25.7 Å². The molecule has 0 fully saturated rings. The zero-order valence-electron chi connectivity index (χ0n) is 64.6. The van der Waals surface area contributed by atoms with E-state index in [0.717, 1.165) is 161 Å². The second-order valence-corrected chi connectivity index (χ2v) is 28.8. The highest BCUT2D eigenvalue weighted by Gasteiger charge is 2.30. The fraction of sp³-hybridized carbons (Fsp3) is 0.647. The molecule has 0 aromatic heterocycles. The second-order valence-electron chi connectivity index (χ2n) is 25.9. The zero-order valence-corrected chi connectivity index (χ0v) is 66.4. The van der Waals surface area contributed by atoms with Gasteiger partial charge in [0.15, 0.2) is 12.2 Å². The minimum atomic E-state index is -5.01. The molecule has 0 aromatic carbocycles. The van der Waals surface area contributed by atoms with Gasteiger partial charge in [-0.05, 0) is 135 Å². The van der Waals surface area contributed by atoms with Crippen LogP contribution in [0.3, 0.4) is 0 Å². The van der Waals surface area contributed by atoms with Crippen molar-refractivity contribution in [1.29, 1.82) is 0 Å².